The van der Waals surface area contributed by atoms with Crippen molar-refractivity contribution in [3.8, 4) is 11.5 Å². The van der Waals surface area contributed by atoms with Gasteiger partial charge in [-0.15, -0.1) is 0 Å². The van der Waals surface area contributed by atoms with Crippen molar-refractivity contribution in [3.63, 3.8) is 0 Å². The van der Waals surface area contributed by atoms with Crippen LogP contribution in [0.2, 0.25) is 0 Å². The fourth-order valence-electron chi connectivity index (χ4n) is 2.06. The van der Waals surface area contributed by atoms with Crippen LogP contribution in [0.4, 0.5) is 5.69 Å². The Hall–Kier alpha value is -2.23. The smallest absolute Gasteiger partial charge is 0.163 e. The molecule has 0 spiro atoms. The van der Waals surface area contributed by atoms with E-state index in [1.54, 1.807) is 0 Å². The van der Waals surface area contributed by atoms with Crippen LogP contribution in [0.5, 0.6) is 11.5 Å². The van der Waals surface area contributed by atoms with Gasteiger partial charge in [-0.3, -0.25) is 4.98 Å². The second-order valence-corrected chi connectivity index (χ2v) is 4.56. The maximum atomic E-state index is 5.62. The van der Waals surface area contributed by atoms with Gasteiger partial charge in [0.2, 0.25) is 0 Å². The van der Waals surface area contributed by atoms with Gasteiger partial charge in [-0.1, -0.05) is 0 Å². The average Bonchev–Trinajstić information content (AvgIpc) is 2.51. The Morgan fingerprint density at radius 2 is 1.67 bits per heavy atom. The molecular formula is C17H22N2O2. The van der Waals surface area contributed by atoms with Crippen LogP contribution in [0.15, 0.2) is 42.7 Å². The van der Waals surface area contributed by atoms with Crippen molar-refractivity contribution in [2.75, 3.05) is 25.1 Å². The molecule has 0 aliphatic rings. The molecule has 0 bridgehead atoms. The Labute approximate surface area is 126 Å². The lowest BCUT2D eigenvalue weighted by molar-refractivity contribution is 0.288. The van der Waals surface area contributed by atoms with Crippen LogP contribution in [0.1, 0.15) is 19.4 Å². The number of ether oxygens (including phenoxy) is 2. The third-order valence-corrected chi connectivity index (χ3v) is 3.04. The zero-order chi connectivity index (χ0) is 14.9. The first-order chi connectivity index (χ1) is 10.3. The van der Waals surface area contributed by atoms with Crippen molar-refractivity contribution in [1.82, 2.24) is 4.98 Å². The van der Waals surface area contributed by atoms with Gasteiger partial charge in [-0.25, -0.2) is 0 Å². The zero-order valence-electron chi connectivity index (χ0n) is 12.6. The number of nitrogens with zero attached hydrogens (tertiary/aromatic N) is 1. The first-order valence-corrected chi connectivity index (χ1v) is 7.36. The van der Waals surface area contributed by atoms with E-state index in [4.69, 9.17) is 9.47 Å². The molecule has 0 saturated carbocycles. The fourth-order valence-corrected chi connectivity index (χ4v) is 2.06. The van der Waals surface area contributed by atoms with Crippen molar-refractivity contribution < 1.29 is 9.47 Å². The van der Waals surface area contributed by atoms with E-state index < -0.39 is 0 Å². The van der Waals surface area contributed by atoms with Crippen molar-refractivity contribution >= 4 is 5.69 Å². The van der Waals surface area contributed by atoms with Crippen molar-refractivity contribution in [3.05, 3.63) is 48.3 Å². The average molecular weight is 286 g/mol. The summed E-state index contributed by atoms with van der Waals surface area (Å²) >= 11 is 0. The molecule has 4 nitrogen and oxygen atoms in total. The molecule has 0 aliphatic carbocycles. The van der Waals surface area contributed by atoms with E-state index in [-0.39, 0.29) is 0 Å². The Kier molecular flexibility index (Phi) is 5.88. The zero-order valence-corrected chi connectivity index (χ0v) is 12.6. The summed E-state index contributed by atoms with van der Waals surface area (Å²) in [6.45, 7) is 6.06. The number of rotatable bonds is 8. The monoisotopic (exact) mass is 286 g/mol. The molecule has 1 heterocycles. The van der Waals surface area contributed by atoms with Crippen LogP contribution >= 0.6 is 0 Å². The third-order valence-electron chi connectivity index (χ3n) is 3.04. The predicted molar refractivity (Wildman–Crippen MR) is 85.2 cm³/mol. The minimum absolute atomic E-state index is 0.626. The quantitative estimate of drug-likeness (QED) is 0.806. The summed E-state index contributed by atoms with van der Waals surface area (Å²) in [5.74, 6) is 1.58. The van der Waals surface area contributed by atoms with Gasteiger partial charge in [0, 0.05) is 30.7 Å². The first kappa shape index (κ1) is 15.2. The van der Waals surface area contributed by atoms with E-state index in [9.17, 15) is 0 Å². The molecule has 0 saturated heterocycles. The lowest BCUT2D eigenvalue weighted by Crippen LogP contribution is -2.06. The highest BCUT2D eigenvalue weighted by atomic mass is 16.5. The molecule has 1 aromatic carbocycles. The number of pyridine rings is 1. The second-order valence-electron chi connectivity index (χ2n) is 4.56. The summed E-state index contributed by atoms with van der Waals surface area (Å²) < 4.78 is 11.2. The van der Waals surface area contributed by atoms with Crippen molar-refractivity contribution in [2.45, 2.75) is 20.3 Å². The third kappa shape index (κ3) is 4.67. The second kappa shape index (κ2) is 8.15. The van der Waals surface area contributed by atoms with E-state index in [0.29, 0.717) is 13.2 Å². The number of aromatic nitrogens is 1. The number of anilines is 1. The van der Waals surface area contributed by atoms with Gasteiger partial charge >= 0.3 is 0 Å². The summed E-state index contributed by atoms with van der Waals surface area (Å²) in [6, 6.07) is 10.0. The van der Waals surface area contributed by atoms with Crippen LogP contribution in [-0.2, 0) is 6.42 Å². The first-order valence-electron chi connectivity index (χ1n) is 7.36. The normalized spacial score (nSPS) is 10.2. The van der Waals surface area contributed by atoms with Gasteiger partial charge in [0.25, 0.3) is 0 Å². The van der Waals surface area contributed by atoms with E-state index in [0.717, 1.165) is 30.2 Å². The minimum atomic E-state index is 0.626. The molecule has 1 N–H and O–H groups in total. The Balaban J connectivity index is 1.95. The molecule has 0 aliphatic heterocycles. The molecule has 1 aromatic heterocycles. The molecule has 0 atom stereocenters. The van der Waals surface area contributed by atoms with E-state index >= 15 is 0 Å². The highest BCUT2D eigenvalue weighted by Crippen LogP contribution is 2.30. The maximum absolute atomic E-state index is 5.62. The molecule has 0 fully saturated rings. The van der Waals surface area contributed by atoms with Gasteiger partial charge in [0.15, 0.2) is 11.5 Å². The molecule has 2 rings (SSSR count). The topological polar surface area (TPSA) is 43.4 Å². The van der Waals surface area contributed by atoms with Crippen LogP contribution in [0.25, 0.3) is 0 Å². The lowest BCUT2D eigenvalue weighted by Gasteiger charge is -2.13. The summed E-state index contributed by atoms with van der Waals surface area (Å²) in [7, 11) is 0. The maximum Gasteiger partial charge on any atom is 0.163 e. The number of hydrogen-bond acceptors (Lipinski definition) is 4. The molecule has 21 heavy (non-hydrogen) atoms. The van der Waals surface area contributed by atoms with Crippen LogP contribution in [0.3, 0.4) is 0 Å². The highest BCUT2D eigenvalue weighted by Gasteiger charge is 2.05. The number of benzene rings is 1. The van der Waals surface area contributed by atoms with Crippen LogP contribution in [-0.4, -0.2) is 24.7 Å². The van der Waals surface area contributed by atoms with E-state index in [2.05, 4.69) is 10.3 Å². The Bertz CT molecular complexity index is 544. The Morgan fingerprint density at radius 1 is 0.952 bits per heavy atom. The van der Waals surface area contributed by atoms with E-state index in [1.807, 2.05) is 56.6 Å². The molecule has 0 radical (unpaired) electrons. The summed E-state index contributed by atoms with van der Waals surface area (Å²) in [4.78, 5) is 4.02. The van der Waals surface area contributed by atoms with Gasteiger partial charge in [-0.05, 0) is 50.1 Å². The molecule has 112 valence electrons. The molecule has 4 heteroatoms. The molecular weight excluding hydrogens is 264 g/mol. The lowest BCUT2D eigenvalue weighted by atomic mass is 10.2. The SMILES string of the molecule is CCOc1ccc(NCCc2ccncc2)cc1OCC. The van der Waals surface area contributed by atoms with Crippen molar-refractivity contribution in [1.29, 1.82) is 0 Å². The summed E-state index contributed by atoms with van der Waals surface area (Å²) in [6.07, 6.45) is 4.60. The summed E-state index contributed by atoms with van der Waals surface area (Å²) in [5.41, 5.74) is 2.31. The van der Waals surface area contributed by atoms with Crippen LogP contribution in [0, 0.1) is 0 Å². The van der Waals surface area contributed by atoms with E-state index in [1.165, 1.54) is 5.56 Å². The highest BCUT2D eigenvalue weighted by molar-refractivity contribution is 5.54. The predicted octanol–water partition coefficient (Wildman–Crippen LogP) is 3.53. The molecule has 0 amide bonds. The van der Waals surface area contributed by atoms with Crippen molar-refractivity contribution in [2.24, 2.45) is 0 Å². The van der Waals surface area contributed by atoms with Gasteiger partial charge in [0.05, 0.1) is 13.2 Å². The van der Waals surface area contributed by atoms with Gasteiger partial charge in [0.1, 0.15) is 0 Å². The largest absolute Gasteiger partial charge is 0.490 e. The summed E-state index contributed by atoms with van der Waals surface area (Å²) in [5, 5.41) is 3.41. The Morgan fingerprint density at radius 3 is 2.38 bits per heavy atom. The number of hydrogen-bond donors (Lipinski definition) is 1. The minimum Gasteiger partial charge on any atom is -0.490 e. The standard InChI is InChI=1S/C17H22N2O2/c1-3-20-16-6-5-15(13-17(16)21-4-2)19-12-9-14-7-10-18-11-8-14/h5-8,10-11,13,19H,3-4,9,12H2,1-2H3. The fraction of sp³-hybridized carbons (Fsp3) is 0.353. The number of nitrogens with one attached hydrogen (secondary N) is 1. The molecule has 0 unspecified atom stereocenters. The molecule has 2 aromatic rings. The van der Waals surface area contributed by atoms with Crippen LogP contribution < -0.4 is 14.8 Å². The van der Waals surface area contributed by atoms with Gasteiger partial charge in [-0.2, -0.15) is 0 Å². The van der Waals surface area contributed by atoms with Gasteiger partial charge < -0.3 is 14.8 Å².